The molecule has 0 heterocycles. The van der Waals surface area contributed by atoms with Crippen molar-refractivity contribution in [1.29, 1.82) is 0 Å². The number of carbonyl (C=O) groups excluding carboxylic acids is 1. The van der Waals surface area contributed by atoms with Crippen LogP contribution in [-0.4, -0.2) is 11.9 Å². The van der Waals surface area contributed by atoms with Crippen LogP contribution in [0.25, 0.3) is 0 Å². The Morgan fingerprint density at radius 3 is 2.58 bits per heavy atom. The molecule has 3 rings (SSSR count). The van der Waals surface area contributed by atoms with Gasteiger partial charge in [0.05, 0.1) is 5.56 Å². The number of hydrogen-bond acceptors (Lipinski definition) is 1. The molecule has 0 radical (unpaired) electrons. The molecule has 0 aromatic heterocycles. The summed E-state index contributed by atoms with van der Waals surface area (Å²) in [7, 11) is 0. The van der Waals surface area contributed by atoms with Gasteiger partial charge in [0.1, 0.15) is 0 Å². The third-order valence-corrected chi connectivity index (χ3v) is 6.07. The first kappa shape index (κ1) is 18.0. The predicted octanol–water partition coefficient (Wildman–Crippen LogP) is 6.05. The highest BCUT2D eigenvalue weighted by molar-refractivity contribution is 14.1. The van der Waals surface area contributed by atoms with Crippen molar-refractivity contribution in [2.45, 2.75) is 37.6 Å². The zero-order valence-electron chi connectivity index (χ0n) is 13.1. The molecule has 0 saturated heterocycles. The molecule has 2 nitrogen and oxygen atoms in total. The van der Waals surface area contributed by atoms with E-state index in [4.69, 9.17) is 23.2 Å². The Balaban J connectivity index is 1.82. The first-order chi connectivity index (χ1) is 11.6. The van der Waals surface area contributed by atoms with E-state index < -0.39 is 0 Å². The Morgan fingerprint density at radius 2 is 1.83 bits per heavy atom. The van der Waals surface area contributed by atoms with Gasteiger partial charge in [-0.2, -0.15) is 0 Å². The Kier molecular flexibility index (Phi) is 6.06. The molecule has 1 aliphatic rings. The summed E-state index contributed by atoms with van der Waals surface area (Å²) >= 11 is 14.6. The third-order valence-electron chi connectivity index (χ3n) is 4.56. The first-order valence-corrected chi connectivity index (χ1v) is 9.90. The lowest BCUT2D eigenvalue weighted by atomic mass is 9.80. The second kappa shape index (κ2) is 8.07. The van der Waals surface area contributed by atoms with Gasteiger partial charge in [0.2, 0.25) is 0 Å². The van der Waals surface area contributed by atoms with Crippen molar-refractivity contribution in [3.63, 3.8) is 0 Å². The summed E-state index contributed by atoms with van der Waals surface area (Å²) in [5, 5.41) is 4.55. The second-order valence-electron chi connectivity index (χ2n) is 6.12. The zero-order valence-corrected chi connectivity index (χ0v) is 16.7. The highest BCUT2D eigenvalue weighted by Gasteiger charge is 2.29. The van der Waals surface area contributed by atoms with Crippen LogP contribution in [0.15, 0.2) is 42.5 Å². The quantitative estimate of drug-likeness (QED) is 0.539. The molecule has 2 atom stereocenters. The number of hydrogen-bond donors (Lipinski definition) is 1. The number of rotatable bonds is 3. The molecule has 1 fully saturated rings. The van der Waals surface area contributed by atoms with E-state index >= 15 is 0 Å². The van der Waals surface area contributed by atoms with E-state index in [1.807, 2.05) is 36.4 Å². The highest BCUT2D eigenvalue weighted by atomic mass is 127. The number of nitrogens with one attached hydrogen (secondary N) is 1. The monoisotopic (exact) mass is 473 g/mol. The standard InChI is InChI=1S/C19H18Cl2INO/c20-12-9-10-13(16(21)11-12)14-5-2-4-8-18(14)23-19(24)15-6-1-3-7-17(15)22/h1,3,6-7,9-11,14,18H,2,4-5,8H2,(H,23,24)/t14-,18-/m0/s1. The molecule has 1 aliphatic carbocycles. The highest BCUT2D eigenvalue weighted by Crippen LogP contribution is 2.37. The van der Waals surface area contributed by atoms with E-state index in [9.17, 15) is 4.79 Å². The summed E-state index contributed by atoms with van der Waals surface area (Å²) in [6.07, 6.45) is 4.27. The van der Waals surface area contributed by atoms with Gasteiger partial charge in [-0.1, -0.05) is 54.2 Å². The lowest BCUT2D eigenvalue weighted by molar-refractivity contribution is 0.0920. The van der Waals surface area contributed by atoms with E-state index in [1.165, 1.54) is 0 Å². The van der Waals surface area contributed by atoms with E-state index in [1.54, 1.807) is 6.07 Å². The van der Waals surface area contributed by atoms with Crippen molar-refractivity contribution >= 4 is 51.7 Å². The maximum atomic E-state index is 12.7. The number of carbonyl (C=O) groups is 1. The van der Waals surface area contributed by atoms with Crippen molar-refractivity contribution in [3.8, 4) is 0 Å². The molecule has 0 unspecified atom stereocenters. The van der Waals surface area contributed by atoms with Gasteiger partial charge in [-0.3, -0.25) is 4.79 Å². The van der Waals surface area contributed by atoms with Crippen molar-refractivity contribution in [1.82, 2.24) is 5.32 Å². The molecule has 0 spiro atoms. The molecule has 1 amide bonds. The fraction of sp³-hybridized carbons (Fsp3) is 0.316. The van der Waals surface area contributed by atoms with Gasteiger partial charge in [0, 0.05) is 25.6 Å². The molecule has 2 aromatic rings. The molecule has 5 heteroatoms. The largest absolute Gasteiger partial charge is 0.349 e. The van der Waals surface area contributed by atoms with Crippen molar-refractivity contribution in [3.05, 3.63) is 67.2 Å². The van der Waals surface area contributed by atoms with Crippen LogP contribution >= 0.6 is 45.8 Å². The summed E-state index contributed by atoms with van der Waals surface area (Å²) in [6, 6.07) is 13.4. The minimum absolute atomic E-state index is 0.0121. The second-order valence-corrected chi connectivity index (χ2v) is 8.12. The summed E-state index contributed by atoms with van der Waals surface area (Å²) in [6.45, 7) is 0. The summed E-state index contributed by atoms with van der Waals surface area (Å²) in [4.78, 5) is 12.7. The molecule has 0 bridgehead atoms. The van der Waals surface area contributed by atoms with Crippen molar-refractivity contribution < 1.29 is 4.79 Å². The molecule has 1 saturated carbocycles. The normalized spacial score (nSPS) is 20.6. The molecule has 1 N–H and O–H groups in total. The van der Waals surface area contributed by atoms with Crippen LogP contribution in [0.4, 0.5) is 0 Å². The first-order valence-electron chi connectivity index (χ1n) is 8.06. The van der Waals surface area contributed by atoms with Gasteiger partial charge in [0.15, 0.2) is 0 Å². The van der Waals surface area contributed by atoms with Crippen LogP contribution < -0.4 is 5.32 Å². The Hall–Kier alpha value is -0.780. The van der Waals surface area contributed by atoms with Gasteiger partial charge >= 0.3 is 0 Å². The van der Waals surface area contributed by atoms with Crippen LogP contribution in [0, 0.1) is 3.57 Å². The average Bonchev–Trinajstić information content (AvgIpc) is 2.56. The fourth-order valence-electron chi connectivity index (χ4n) is 3.37. The maximum Gasteiger partial charge on any atom is 0.252 e. The van der Waals surface area contributed by atoms with Gasteiger partial charge in [-0.15, -0.1) is 0 Å². The van der Waals surface area contributed by atoms with Crippen LogP contribution in [0.5, 0.6) is 0 Å². The minimum Gasteiger partial charge on any atom is -0.349 e. The van der Waals surface area contributed by atoms with E-state index in [0.717, 1.165) is 40.4 Å². The number of benzene rings is 2. The van der Waals surface area contributed by atoms with Gasteiger partial charge in [-0.05, 0) is 65.3 Å². The van der Waals surface area contributed by atoms with Gasteiger partial charge < -0.3 is 5.32 Å². The summed E-state index contributed by atoms with van der Waals surface area (Å²) in [5.41, 5.74) is 1.80. The van der Waals surface area contributed by atoms with Crippen LogP contribution in [0.3, 0.4) is 0 Å². The Morgan fingerprint density at radius 1 is 1.08 bits per heavy atom. The Labute approximate surface area is 166 Å². The molecule has 126 valence electrons. The topological polar surface area (TPSA) is 29.1 Å². The third kappa shape index (κ3) is 4.06. The average molecular weight is 474 g/mol. The van der Waals surface area contributed by atoms with Crippen LogP contribution in [0.1, 0.15) is 47.5 Å². The van der Waals surface area contributed by atoms with Gasteiger partial charge in [0.25, 0.3) is 5.91 Å². The fourth-order valence-corrected chi connectivity index (χ4v) is 4.55. The van der Waals surface area contributed by atoms with Crippen LogP contribution in [-0.2, 0) is 0 Å². The van der Waals surface area contributed by atoms with E-state index in [-0.39, 0.29) is 17.9 Å². The van der Waals surface area contributed by atoms with Gasteiger partial charge in [-0.25, -0.2) is 0 Å². The maximum absolute atomic E-state index is 12.7. The predicted molar refractivity (Wildman–Crippen MR) is 108 cm³/mol. The molecule has 24 heavy (non-hydrogen) atoms. The van der Waals surface area contributed by atoms with E-state index in [0.29, 0.717) is 10.0 Å². The molecule has 0 aliphatic heterocycles. The molecular formula is C19H18Cl2INO. The Bertz CT molecular complexity index is 750. The summed E-state index contributed by atoms with van der Waals surface area (Å²) in [5.74, 6) is 0.218. The molecular weight excluding hydrogens is 456 g/mol. The van der Waals surface area contributed by atoms with Crippen molar-refractivity contribution in [2.24, 2.45) is 0 Å². The lowest BCUT2D eigenvalue weighted by Gasteiger charge is -2.33. The molecule has 2 aromatic carbocycles. The van der Waals surface area contributed by atoms with E-state index in [2.05, 4.69) is 27.9 Å². The number of halogens is 3. The SMILES string of the molecule is O=C(N[C@H]1CCCC[C@H]1c1ccc(Cl)cc1Cl)c1ccccc1I. The van der Waals surface area contributed by atoms with Crippen molar-refractivity contribution in [2.75, 3.05) is 0 Å². The lowest BCUT2D eigenvalue weighted by Crippen LogP contribution is -2.41. The minimum atomic E-state index is -0.0121. The summed E-state index contributed by atoms with van der Waals surface area (Å²) < 4.78 is 0.962. The smallest absolute Gasteiger partial charge is 0.252 e. The zero-order chi connectivity index (χ0) is 17.1. The van der Waals surface area contributed by atoms with Crippen LogP contribution in [0.2, 0.25) is 10.0 Å². The number of amides is 1.